The molecule has 0 bridgehead atoms. The molecule has 136 valence electrons. The second-order valence-electron chi connectivity index (χ2n) is 5.71. The summed E-state index contributed by atoms with van der Waals surface area (Å²) in [5.41, 5.74) is 0.726. The lowest BCUT2D eigenvalue weighted by atomic mass is 10.1. The van der Waals surface area contributed by atoms with Crippen molar-refractivity contribution in [3.05, 3.63) is 71.8 Å². The van der Waals surface area contributed by atoms with Gasteiger partial charge in [-0.25, -0.2) is 9.59 Å². The number of aliphatic hydroxyl groups excluding tert-OH is 1. The van der Waals surface area contributed by atoms with Crippen molar-refractivity contribution < 1.29 is 28.9 Å². The Morgan fingerprint density at radius 3 is 2.08 bits per heavy atom. The van der Waals surface area contributed by atoms with Gasteiger partial charge in [0.15, 0.2) is 12.4 Å². The summed E-state index contributed by atoms with van der Waals surface area (Å²) < 4.78 is 15.9. The van der Waals surface area contributed by atoms with Crippen LogP contribution in [0.4, 0.5) is 0 Å². The van der Waals surface area contributed by atoms with E-state index in [0.717, 1.165) is 0 Å². The Morgan fingerprint density at radius 1 is 0.962 bits per heavy atom. The van der Waals surface area contributed by atoms with Crippen LogP contribution in [0.1, 0.15) is 20.7 Å². The molecule has 0 unspecified atom stereocenters. The van der Waals surface area contributed by atoms with Crippen molar-refractivity contribution in [2.45, 2.75) is 23.9 Å². The maximum atomic E-state index is 12.2. The summed E-state index contributed by atoms with van der Waals surface area (Å²) in [5.74, 6) is -1.15. The lowest BCUT2D eigenvalue weighted by Gasteiger charge is -2.20. The first-order chi connectivity index (χ1) is 12.6. The van der Waals surface area contributed by atoms with Gasteiger partial charge in [-0.15, -0.1) is 11.6 Å². The van der Waals surface area contributed by atoms with E-state index in [1.165, 1.54) is 0 Å². The maximum absolute atomic E-state index is 12.2. The van der Waals surface area contributed by atoms with E-state index in [4.69, 9.17) is 25.8 Å². The quantitative estimate of drug-likeness (QED) is 0.637. The predicted molar refractivity (Wildman–Crippen MR) is 92.9 cm³/mol. The van der Waals surface area contributed by atoms with Crippen LogP contribution in [0.5, 0.6) is 0 Å². The molecule has 7 heteroatoms. The topological polar surface area (TPSA) is 82.1 Å². The summed E-state index contributed by atoms with van der Waals surface area (Å²) in [4.78, 5) is 24.3. The van der Waals surface area contributed by atoms with Crippen molar-refractivity contribution in [3.8, 4) is 0 Å². The number of hydrogen-bond acceptors (Lipinski definition) is 6. The summed E-state index contributed by atoms with van der Waals surface area (Å²) in [6, 6.07) is 16.8. The molecule has 6 nitrogen and oxygen atoms in total. The predicted octanol–water partition coefficient (Wildman–Crippen LogP) is 2.39. The molecule has 0 radical (unpaired) electrons. The standard InChI is InChI=1S/C19H17ClO6/c20-15-16(26-18(22)13-9-5-2-6-10-13)14(25-19(15)23)11-24-17(21)12-7-3-1-4-8-12/h1-10,14-16,19,23H,11H2/t14-,15+,16-,19+/m1/s1. The minimum Gasteiger partial charge on any atom is -0.459 e. The molecule has 0 aromatic heterocycles. The number of alkyl halides is 1. The lowest BCUT2D eigenvalue weighted by Crippen LogP contribution is -2.36. The van der Waals surface area contributed by atoms with Crippen LogP contribution in [0.25, 0.3) is 0 Å². The van der Waals surface area contributed by atoms with E-state index < -0.39 is 35.8 Å². The third-order valence-electron chi connectivity index (χ3n) is 3.91. The number of esters is 2. The Bertz CT molecular complexity index is 751. The van der Waals surface area contributed by atoms with Gasteiger partial charge in [-0.3, -0.25) is 0 Å². The van der Waals surface area contributed by atoms with Crippen LogP contribution < -0.4 is 0 Å². The second kappa shape index (κ2) is 8.31. The molecule has 1 fully saturated rings. The fraction of sp³-hybridized carbons (Fsp3) is 0.263. The molecule has 0 saturated carbocycles. The highest BCUT2D eigenvalue weighted by Crippen LogP contribution is 2.28. The molecule has 1 aliphatic rings. The van der Waals surface area contributed by atoms with Gasteiger partial charge < -0.3 is 19.3 Å². The zero-order valence-electron chi connectivity index (χ0n) is 13.7. The first-order valence-electron chi connectivity index (χ1n) is 8.02. The van der Waals surface area contributed by atoms with Crippen LogP contribution in [0.3, 0.4) is 0 Å². The highest BCUT2D eigenvalue weighted by atomic mass is 35.5. The van der Waals surface area contributed by atoms with E-state index in [9.17, 15) is 14.7 Å². The van der Waals surface area contributed by atoms with Crippen molar-refractivity contribution in [3.63, 3.8) is 0 Å². The van der Waals surface area contributed by atoms with Gasteiger partial charge in [0.25, 0.3) is 0 Å². The monoisotopic (exact) mass is 376 g/mol. The zero-order chi connectivity index (χ0) is 18.5. The molecule has 0 aliphatic carbocycles. The third-order valence-corrected chi connectivity index (χ3v) is 4.37. The van der Waals surface area contributed by atoms with E-state index in [2.05, 4.69) is 0 Å². The first-order valence-corrected chi connectivity index (χ1v) is 8.45. The number of halogens is 1. The molecule has 1 saturated heterocycles. The van der Waals surface area contributed by atoms with Crippen molar-refractivity contribution in [1.82, 2.24) is 0 Å². The van der Waals surface area contributed by atoms with E-state index in [-0.39, 0.29) is 6.61 Å². The van der Waals surface area contributed by atoms with Crippen LogP contribution >= 0.6 is 11.6 Å². The largest absolute Gasteiger partial charge is 0.459 e. The fourth-order valence-electron chi connectivity index (χ4n) is 2.56. The Balaban J connectivity index is 1.63. The fourth-order valence-corrected chi connectivity index (χ4v) is 2.83. The van der Waals surface area contributed by atoms with Crippen molar-refractivity contribution in [2.75, 3.05) is 6.61 Å². The summed E-state index contributed by atoms with van der Waals surface area (Å²) in [7, 11) is 0. The molecule has 1 aliphatic heterocycles. The van der Waals surface area contributed by atoms with Gasteiger partial charge in [-0.2, -0.15) is 0 Å². The van der Waals surface area contributed by atoms with Gasteiger partial charge in [0.05, 0.1) is 11.1 Å². The second-order valence-corrected chi connectivity index (χ2v) is 6.21. The average molecular weight is 377 g/mol. The molecule has 0 spiro atoms. The minimum absolute atomic E-state index is 0.208. The number of carbonyl (C=O) groups is 2. The number of benzene rings is 2. The Morgan fingerprint density at radius 2 is 1.50 bits per heavy atom. The summed E-state index contributed by atoms with van der Waals surface area (Å²) >= 11 is 6.09. The van der Waals surface area contributed by atoms with Crippen LogP contribution in [0.2, 0.25) is 0 Å². The highest BCUT2D eigenvalue weighted by molar-refractivity contribution is 6.21. The number of rotatable bonds is 5. The first kappa shape index (κ1) is 18.4. The van der Waals surface area contributed by atoms with E-state index in [1.807, 2.05) is 0 Å². The molecule has 0 amide bonds. The van der Waals surface area contributed by atoms with Crippen LogP contribution in [0, 0.1) is 0 Å². The van der Waals surface area contributed by atoms with E-state index >= 15 is 0 Å². The maximum Gasteiger partial charge on any atom is 0.338 e. The number of carbonyl (C=O) groups excluding carboxylic acids is 2. The van der Waals surface area contributed by atoms with Gasteiger partial charge in [-0.05, 0) is 24.3 Å². The van der Waals surface area contributed by atoms with Crippen LogP contribution in [0.15, 0.2) is 60.7 Å². The third kappa shape index (κ3) is 4.22. The number of ether oxygens (including phenoxy) is 3. The Hall–Kier alpha value is -2.41. The van der Waals surface area contributed by atoms with Gasteiger partial charge in [-0.1, -0.05) is 36.4 Å². The van der Waals surface area contributed by atoms with Crippen LogP contribution in [-0.2, 0) is 14.2 Å². The summed E-state index contributed by atoms with van der Waals surface area (Å²) in [6.07, 6.45) is -3.15. The SMILES string of the molecule is O=C(OC[C@H]1O[C@H](O)[C@@H](Cl)[C@@H]1OC(=O)c1ccccc1)c1ccccc1. The molecule has 4 atom stereocenters. The van der Waals surface area contributed by atoms with Gasteiger partial charge in [0.1, 0.15) is 18.1 Å². The molecular formula is C19H17ClO6. The average Bonchev–Trinajstić information content (AvgIpc) is 2.95. The van der Waals surface area contributed by atoms with Gasteiger partial charge in [0, 0.05) is 0 Å². The van der Waals surface area contributed by atoms with Crippen molar-refractivity contribution in [1.29, 1.82) is 0 Å². The van der Waals surface area contributed by atoms with Crippen molar-refractivity contribution >= 4 is 23.5 Å². The van der Waals surface area contributed by atoms with Gasteiger partial charge in [0.2, 0.25) is 0 Å². The Kier molecular flexibility index (Phi) is 5.88. The molecule has 2 aromatic rings. The molecular weight excluding hydrogens is 360 g/mol. The molecule has 26 heavy (non-hydrogen) atoms. The number of hydrogen-bond donors (Lipinski definition) is 1. The molecule has 1 N–H and O–H groups in total. The molecule has 3 rings (SSSR count). The summed E-state index contributed by atoms with van der Waals surface area (Å²) in [5, 5.41) is 8.85. The molecule has 2 aromatic carbocycles. The van der Waals surface area contributed by atoms with Crippen molar-refractivity contribution in [2.24, 2.45) is 0 Å². The van der Waals surface area contributed by atoms with Crippen LogP contribution in [-0.4, -0.2) is 47.5 Å². The smallest absolute Gasteiger partial charge is 0.338 e. The van der Waals surface area contributed by atoms with Gasteiger partial charge >= 0.3 is 11.9 Å². The lowest BCUT2D eigenvalue weighted by molar-refractivity contribution is -0.109. The zero-order valence-corrected chi connectivity index (χ0v) is 14.4. The van der Waals surface area contributed by atoms with E-state index in [1.54, 1.807) is 60.7 Å². The molecule has 1 heterocycles. The Labute approximate surface area is 155 Å². The normalized spacial score (nSPS) is 24.8. The highest BCUT2D eigenvalue weighted by Gasteiger charge is 2.46. The summed E-state index contributed by atoms with van der Waals surface area (Å²) in [6.45, 7) is -0.208. The number of aliphatic hydroxyl groups is 1. The minimum atomic E-state index is -1.33. The van der Waals surface area contributed by atoms with E-state index in [0.29, 0.717) is 11.1 Å².